The largest absolute Gasteiger partial charge is 0.435 e. The van der Waals surface area contributed by atoms with Crippen LogP contribution in [0.15, 0.2) is 24.3 Å². The van der Waals surface area contributed by atoms with Gasteiger partial charge >= 0.3 is 6.18 Å². The van der Waals surface area contributed by atoms with Crippen LogP contribution in [0.4, 0.5) is 17.6 Å². The molecule has 10 heteroatoms. The molecule has 1 fully saturated rings. The average Bonchev–Trinajstić information content (AvgIpc) is 3.29. The van der Waals surface area contributed by atoms with Gasteiger partial charge in [0.05, 0.1) is 5.69 Å². The van der Waals surface area contributed by atoms with Gasteiger partial charge in [0.2, 0.25) is 0 Å². The van der Waals surface area contributed by atoms with Crippen molar-refractivity contribution in [1.29, 1.82) is 0 Å². The summed E-state index contributed by atoms with van der Waals surface area (Å²) < 4.78 is 54.0. The molecule has 0 saturated heterocycles. The highest BCUT2D eigenvalue weighted by atomic mass is 19.4. The Balaban J connectivity index is 1.90. The van der Waals surface area contributed by atoms with Gasteiger partial charge in [0.15, 0.2) is 11.4 Å². The third-order valence-corrected chi connectivity index (χ3v) is 3.93. The van der Waals surface area contributed by atoms with E-state index in [2.05, 4.69) is 15.6 Å². The van der Waals surface area contributed by atoms with E-state index in [9.17, 15) is 22.4 Å². The summed E-state index contributed by atoms with van der Waals surface area (Å²) in [7, 11) is 0. The molecule has 3 N–H and O–H groups in total. The summed E-state index contributed by atoms with van der Waals surface area (Å²) in [5, 5.41) is 9.08. The Bertz CT molecular complexity index is 784. The smallest absolute Gasteiger partial charge is 0.349 e. The van der Waals surface area contributed by atoms with Gasteiger partial charge in [-0.3, -0.25) is 4.79 Å². The predicted octanol–water partition coefficient (Wildman–Crippen LogP) is 1.89. The van der Waals surface area contributed by atoms with Crippen LogP contribution < -0.4 is 11.1 Å². The van der Waals surface area contributed by atoms with Gasteiger partial charge in [0.1, 0.15) is 5.82 Å². The minimum atomic E-state index is -4.90. The van der Waals surface area contributed by atoms with Crippen LogP contribution in [-0.2, 0) is 6.18 Å². The molecule has 2 aromatic rings. The van der Waals surface area contributed by atoms with Gasteiger partial charge in [-0.2, -0.15) is 13.2 Å². The maximum absolute atomic E-state index is 13.4. The number of hydrogen-bond acceptors (Lipinski definition) is 4. The van der Waals surface area contributed by atoms with E-state index >= 15 is 0 Å². The van der Waals surface area contributed by atoms with E-state index in [-0.39, 0.29) is 24.2 Å². The second kappa shape index (κ2) is 6.43. The van der Waals surface area contributed by atoms with Crippen molar-refractivity contribution in [3.05, 3.63) is 41.5 Å². The fraction of sp³-hybridized carbons (Fsp3) is 0.400. The number of benzene rings is 1. The number of nitrogens with zero attached hydrogens (tertiary/aromatic N) is 3. The Morgan fingerprint density at radius 1 is 1.40 bits per heavy atom. The molecule has 134 valence electrons. The van der Waals surface area contributed by atoms with Crippen molar-refractivity contribution in [2.45, 2.75) is 25.1 Å². The molecule has 0 spiro atoms. The number of hydrogen-bond donors (Lipinski definition) is 2. The number of carbonyl (C=O) groups is 1. The molecule has 3 rings (SSSR count). The lowest BCUT2D eigenvalue weighted by Gasteiger charge is -2.13. The van der Waals surface area contributed by atoms with E-state index in [0.717, 1.165) is 25.0 Å². The molecule has 1 saturated carbocycles. The summed E-state index contributed by atoms with van der Waals surface area (Å²) in [5.41, 5.74) is 3.40. The standard InChI is InChI=1S/C15H15F4N5O/c16-9-2-1-3-10(6-9)24-13(15(17,18)19)12(22-23-24)14(25)21-7-11(20)8-4-5-8/h1-3,6,8,11H,4-5,7,20H2,(H,21,25). The lowest BCUT2D eigenvalue weighted by Crippen LogP contribution is -2.39. The van der Waals surface area contributed by atoms with E-state index in [1.54, 1.807) is 0 Å². The first kappa shape index (κ1) is 17.3. The van der Waals surface area contributed by atoms with Crippen molar-refractivity contribution in [2.24, 2.45) is 11.7 Å². The summed E-state index contributed by atoms with van der Waals surface area (Å²) in [6.07, 6.45) is -3.01. The maximum Gasteiger partial charge on any atom is 0.435 e. The van der Waals surface area contributed by atoms with Crippen LogP contribution in [-0.4, -0.2) is 33.5 Å². The molecule has 1 amide bonds. The van der Waals surface area contributed by atoms with Crippen molar-refractivity contribution < 1.29 is 22.4 Å². The number of halogens is 4. The number of rotatable bonds is 5. The normalized spacial score (nSPS) is 15.9. The quantitative estimate of drug-likeness (QED) is 0.801. The summed E-state index contributed by atoms with van der Waals surface area (Å²) >= 11 is 0. The first-order valence-corrected chi connectivity index (χ1v) is 7.60. The monoisotopic (exact) mass is 357 g/mol. The van der Waals surface area contributed by atoms with E-state index < -0.39 is 29.3 Å². The highest BCUT2D eigenvalue weighted by molar-refractivity contribution is 5.93. The molecule has 1 atom stereocenters. The fourth-order valence-electron chi connectivity index (χ4n) is 2.46. The lowest BCUT2D eigenvalue weighted by molar-refractivity contribution is -0.143. The number of aromatic nitrogens is 3. The SMILES string of the molecule is NC(CNC(=O)c1nnn(-c2cccc(F)c2)c1C(F)(F)F)C1CC1. The van der Waals surface area contributed by atoms with Crippen LogP contribution in [0.5, 0.6) is 0 Å². The summed E-state index contributed by atoms with van der Waals surface area (Å²) in [6.45, 7) is 0.0492. The third kappa shape index (κ3) is 3.78. The van der Waals surface area contributed by atoms with Gasteiger partial charge < -0.3 is 11.1 Å². The lowest BCUT2D eigenvalue weighted by atomic mass is 10.2. The minimum Gasteiger partial charge on any atom is -0.349 e. The Hall–Kier alpha value is -2.49. The Labute approximate surface area is 140 Å². The highest BCUT2D eigenvalue weighted by Gasteiger charge is 2.42. The first-order valence-electron chi connectivity index (χ1n) is 7.60. The molecule has 1 heterocycles. The molecule has 0 radical (unpaired) electrons. The van der Waals surface area contributed by atoms with Crippen LogP contribution in [0.2, 0.25) is 0 Å². The molecule has 1 aromatic heterocycles. The molecular formula is C15H15F4N5O. The number of carbonyl (C=O) groups excluding carboxylic acids is 1. The zero-order chi connectivity index (χ0) is 18.2. The average molecular weight is 357 g/mol. The Morgan fingerprint density at radius 2 is 2.12 bits per heavy atom. The van der Waals surface area contributed by atoms with Crippen molar-refractivity contribution in [3.8, 4) is 5.69 Å². The second-order valence-corrected chi connectivity index (χ2v) is 5.89. The summed E-state index contributed by atoms with van der Waals surface area (Å²) in [6, 6.07) is 4.12. The number of nitrogens with two attached hydrogens (primary N) is 1. The summed E-state index contributed by atoms with van der Waals surface area (Å²) in [5.74, 6) is -1.47. The van der Waals surface area contributed by atoms with Crippen molar-refractivity contribution >= 4 is 5.91 Å². The van der Waals surface area contributed by atoms with E-state index in [4.69, 9.17) is 5.73 Å². The van der Waals surface area contributed by atoms with Crippen molar-refractivity contribution in [1.82, 2.24) is 20.3 Å². The van der Waals surface area contributed by atoms with Crippen LogP contribution in [0.25, 0.3) is 5.69 Å². The molecule has 1 aliphatic carbocycles. The first-order chi connectivity index (χ1) is 11.8. The highest BCUT2D eigenvalue weighted by Crippen LogP contribution is 2.33. The molecule has 25 heavy (non-hydrogen) atoms. The van der Waals surface area contributed by atoms with Gasteiger partial charge in [-0.25, -0.2) is 9.07 Å². The molecule has 1 aromatic carbocycles. The van der Waals surface area contributed by atoms with Crippen LogP contribution in [0.1, 0.15) is 29.0 Å². The molecule has 6 nitrogen and oxygen atoms in total. The van der Waals surface area contributed by atoms with Gasteiger partial charge in [-0.1, -0.05) is 11.3 Å². The van der Waals surface area contributed by atoms with Gasteiger partial charge in [0.25, 0.3) is 5.91 Å². The number of alkyl halides is 3. The summed E-state index contributed by atoms with van der Waals surface area (Å²) in [4.78, 5) is 12.1. The van der Waals surface area contributed by atoms with Crippen LogP contribution in [0.3, 0.4) is 0 Å². The fourth-order valence-corrected chi connectivity index (χ4v) is 2.46. The van der Waals surface area contributed by atoms with E-state index in [0.29, 0.717) is 4.68 Å². The molecule has 0 bridgehead atoms. The molecule has 1 aliphatic rings. The second-order valence-electron chi connectivity index (χ2n) is 5.89. The number of amides is 1. The maximum atomic E-state index is 13.4. The molecule has 1 unspecified atom stereocenters. The Morgan fingerprint density at radius 3 is 2.72 bits per heavy atom. The predicted molar refractivity (Wildman–Crippen MR) is 79.4 cm³/mol. The van der Waals surface area contributed by atoms with Crippen LogP contribution >= 0.6 is 0 Å². The zero-order valence-electron chi connectivity index (χ0n) is 12.9. The van der Waals surface area contributed by atoms with E-state index in [1.165, 1.54) is 12.1 Å². The zero-order valence-corrected chi connectivity index (χ0v) is 12.9. The van der Waals surface area contributed by atoms with Crippen molar-refractivity contribution in [3.63, 3.8) is 0 Å². The molecule has 0 aliphatic heterocycles. The Kier molecular flexibility index (Phi) is 4.46. The topological polar surface area (TPSA) is 85.8 Å². The van der Waals surface area contributed by atoms with Crippen LogP contribution in [0, 0.1) is 11.7 Å². The van der Waals surface area contributed by atoms with Gasteiger partial charge in [-0.05, 0) is 37.0 Å². The third-order valence-electron chi connectivity index (χ3n) is 3.93. The number of nitrogens with one attached hydrogen (secondary N) is 1. The van der Waals surface area contributed by atoms with Crippen molar-refractivity contribution in [2.75, 3.05) is 6.54 Å². The van der Waals surface area contributed by atoms with E-state index in [1.807, 2.05) is 0 Å². The van der Waals surface area contributed by atoms with Gasteiger partial charge in [0, 0.05) is 12.6 Å². The minimum absolute atomic E-state index is 0.0492. The molecular weight excluding hydrogens is 342 g/mol. The van der Waals surface area contributed by atoms with Gasteiger partial charge in [-0.15, -0.1) is 5.10 Å².